The number of halogens is 3. The number of pyridine rings is 1. The highest BCUT2D eigenvalue weighted by Gasteiger charge is 2.55. The second-order valence-electron chi connectivity index (χ2n) is 9.62. The maximum atomic E-state index is 13.6. The van der Waals surface area contributed by atoms with Gasteiger partial charge in [-0.25, -0.2) is 9.36 Å². The topological polar surface area (TPSA) is 102 Å². The summed E-state index contributed by atoms with van der Waals surface area (Å²) in [5.74, 6) is -1.62. The Morgan fingerprint density at radius 2 is 1.85 bits per heavy atom. The molecular formula is C28H26F3N6O3+. The van der Waals surface area contributed by atoms with Crippen LogP contribution < -0.4 is 20.3 Å². The van der Waals surface area contributed by atoms with E-state index in [9.17, 15) is 28.0 Å². The predicted molar refractivity (Wildman–Crippen MR) is 136 cm³/mol. The van der Waals surface area contributed by atoms with Crippen LogP contribution in [0, 0.1) is 17.2 Å². The van der Waals surface area contributed by atoms with Gasteiger partial charge in [-0.1, -0.05) is 18.2 Å². The molecule has 2 aromatic carbocycles. The standard InChI is InChI=1S/C28H25F3N6O3/c1-17-23(25(38)40-2)24(22-10-9-18(15-32)13-19(22)16-35-11-4-3-5-12-35)37-26(33-34-27(37)39)36(17)21-8-6-7-20(14-21)28(29,30)31/h3-14,17,23-24,26,33H,16H2,1-2H3/p+1/t17?,23?,24-,26?/m0/s1. The van der Waals surface area contributed by atoms with E-state index in [1.165, 1.54) is 24.1 Å². The number of fused-ring (bicyclic) bond motifs is 1. The van der Waals surface area contributed by atoms with Crippen molar-refractivity contribution < 1.29 is 32.1 Å². The molecule has 3 unspecified atom stereocenters. The van der Waals surface area contributed by atoms with Gasteiger partial charge in [0.25, 0.3) is 0 Å². The molecule has 2 fully saturated rings. The lowest BCUT2D eigenvalue weighted by molar-refractivity contribution is -0.688. The Hall–Kier alpha value is -4.63. The number of amides is 2. The Kier molecular flexibility index (Phi) is 7.08. The summed E-state index contributed by atoms with van der Waals surface area (Å²) in [6, 6.07) is 15.4. The molecule has 3 heterocycles. The average Bonchev–Trinajstić information content (AvgIpc) is 3.32. The molecule has 9 nitrogen and oxygen atoms in total. The molecule has 0 spiro atoms. The number of esters is 1. The number of hydrogen-bond donors (Lipinski definition) is 2. The molecule has 2 saturated heterocycles. The molecule has 0 radical (unpaired) electrons. The van der Waals surface area contributed by atoms with Gasteiger partial charge in [0.2, 0.25) is 0 Å². The van der Waals surface area contributed by atoms with E-state index in [0.717, 1.165) is 12.1 Å². The number of carbonyl (C=O) groups is 2. The number of nitrogens with zero attached hydrogens (tertiary/aromatic N) is 4. The van der Waals surface area contributed by atoms with Gasteiger partial charge >= 0.3 is 18.2 Å². The first-order valence-electron chi connectivity index (χ1n) is 12.5. The van der Waals surface area contributed by atoms with Crippen molar-refractivity contribution in [3.05, 3.63) is 95.3 Å². The summed E-state index contributed by atoms with van der Waals surface area (Å²) in [6.45, 7) is 2.06. The number of hydrazine groups is 1. The Labute approximate surface area is 228 Å². The highest BCUT2D eigenvalue weighted by atomic mass is 19.4. The number of methoxy groups -OCH3 is 1. The van der Waals surface area contributed by atoms with Gasteiger partial charge in [-0.05, 0) is 42.8 Å². The molecule has 4 atom stereocenters. The van der Waals surface area contributed by atoms with Crippen molar-refractivity contribution in [1.29, 1.82) is 5.26 Å². The quantitative estimate of drug-likeness (QED) is 0.372. The Bertz CT molecular complexity index is 1480. The van der Waals surface area contributed by atoms with Crippen LogP contribution in [0.4, 0.5) is 23.7 Å². The van der Waals surface area contributed by atoms with E-state index >= 15 is 0 Å². The van der Waals surface area contributed by atoms with Crippen LogP contribution in [0.15, 0.2) is 73.1 Å². The number of aromatic nitrogens is 1. The molecule has 2 amide bonds. The van der Waals surface area contributed by atoms with E-state index in [-0.39, 0.29) is 5.69 Å². The minimum absolute atomic E-state index is 0.175. The minimum atomic E-state index is -4.58. The van der Waals surface area contributed by atoms with Crippen LogP contribution in [0.3, 0.4) is 0 Å². The second-order valence-corrected chi connectivity index (χ2v) is 9.62. The molecule has 0 aliphatic carbocycles. The van der Waals surface area contributed by atoms with Crippen LogP contribution in [-0.2, 0) is 22.3 Å². The summed E-state index contributed by atoms with van der Waals surface area (Å²) < 4.78 is 47.8. The summed E-state index contributed by atoms with van der Waals surface area (Å²) in [7, 11) is 1.23. The smallest absolute Gasteiger partial charge is 0.416 e. The van der Waals surface area contributed by atoms with Gasteiger partial charge in [0, 0.05) is 29.4 Å². The van der Waals surface area contributed by atoms with E-state index in [2.05, 4.69) is 16.9 Å². The number of alkyl halides is 3. The molecule has 2 N–H and O–H groups in total. The molecule has 2 aliphatic heterocycles. The second kappa shape index (κ2) is 10.5. The predicted octanol–water partition coefficient (Wildman–Crippen LogP) is 3.47. The lowest BCUT2D eigenvalue weighted by atomic mass is 9.81. The van der Waals surface area contributed by atoms with Gasteiger partial charge in [-0.15, -0.1) is 0 Å². The molecule has 3 aromatic rings. The number of nitrogens with one attached hydrogen (secondary N) is 2. The molecule has 12 heteroatoms. The zero-order valence-corrected chi connectivity index (χ0v) is 21.6. The summed E-state index contributed by atoms with van der Waals surface area (Å²) >= 11 is 0. The number of nitriles is 1. The maximum Gasteiger partial charge on any atom is 0.416 e. The van der Waals surface area contributed by atoms with Crippen LogP contribution in [0.2, 0.25) is 0 Å². The van der Waals surface area contributed by atoms with Gasteiger partial charge in [0.15, 0.2) is 25.2 Å². The fourth-order valence-corrected chi connectivity index (χ4v) is 5.55. The highest BCUT2D eigenvalue weighted by molar-refractivity contribution is 5.82. The summed E-state index contributed by atoms with van der Waals surface area (Å²) in [5, 5.41) is 9.58. The van der Waals surface area contributed by atoms with Gasteiger partial charge < -0.3 is 9.64 Å². The largest absolute Gasteiger partial charge is 0.469 e. The SMILES string of the molecule is COC(=O)C1C(C)N(c2cccc(C(F)(F)F)c2)C2NNC(=O)N2[C@H]1c1ccc(C#N)cc1C[n+]1ccccc1. The molecule has 40 heavy (non-hydrogen) atoms. The maximum absolute atomic E-state index is 13.6. The van der Waals surface area contributed by atoms with Crippen LogP contribution in [0.25, 0.3) is 0 Å². The van der Waals surface area contributed by atoms with Crippen molar-refractivity contribution >= 4 is 17.7 Å². The summed E-state index contributed by atoms with van der Waals surface area (Å²) in [4.78, 5) is 29.6. The van der Waals surface area contributed by atoms with E-state index in [4.69, 9.17) is 4.74 Å². The van der Waals surface area contributed by atoms with Crippen LogP contribution in [0.1, 0.15) is 35.2 Å². The number of hydrogen-bond acceptors (Lipinski definition) is 6. The van der Waals surface area contributed by atoms with E-state index in [0.29, 0.717) is 23.2 Å². The van der Waals surface area contributed by atoms with Crippen LogP contribution in [-0.4, -0.2) is 36.3 Å². The van der Waals surface area contributed by atoms with E-state index in [1.54, 1.807) is 30.0 Å². The number of benzene rings is 2. The number of anilines is 1. The van der Waals surface area contributed by atoms with E-state index in [1.807, 2.05) is 35.2 Å². The van der Waals surface area contributed by atoms with Crippen molar-refractivity contribution in [2.45, 2.75) is 38.0 Å². The minimum Gasteiger partial charge on any atom is -0.469 e. The Balaban J connectivity index is 1.66. The van der Waals surface area contributed by atoms with Gasteiger partial charge in [-0.3, -0.25) is 15.1 Å². The van der Waals surface area contributed by atoms with Crippen molar-refractivity contribution in [2.24, 2.45) is 5.92 Å². The summed E-state index contributed by atoms with van der Waals surface area (Å²) in [6.07, 6.45) is -1.80. The van der Waals surface area contributed by atoms with Crippen molar-refractivity contribution in [1.82, 2.24) is 15.8 Å². The molecular weight excluding hydrogens is 525 g/mol. The Morgan fingerprint density at radius 3 is 2.52 bits per heavy atom. The molecule has 0 bridgehead atoms. The number of carbonyl (C=O) groups excluding carboxylic acids is 2. The van der Waals surface area contributed by atoms with Crippen LogP contribution in [0.5, 0.6) is 0 Å². The van der Waals surface area contributed by atoms with Crippen molar-refractivity contribution in [3.8, 4) is 6.07 Å². The third kappa shape index (κ3) is 4.80. The van der Waals surface area contributed by atoms with Crippen molar-refractivity contribution in [3.63, 3.8) is 0 Å². The molecule has 1 aromatic heterocycles. The monoisotopic (exact) mass is 551 g/mol. The first-order chi connectivity index (χ1) is 19.1. The summed E-state index contributed by atoms with van der Waals surface area (Å²) in [5.41, 5.74) is 6.47. The Morgan fingerprint density at radius 1 is 1.10 bits per heavy atom. The lowest BCUT2D eigenvalue weighted by Gasteiger charge is -2.51. The third-order valence-electron chi connectivity index (χ3n) is 7.33. The van der Waals surface area contributed by atoms with Gasteiger partial charge in [-0.2, -0.15) is 23.9 Å². The number of urea groups is 1. The molecule has 2 aliphatic rings. The zero-order valence-electron chi connectivity index (χ0n) is 21.6. The lowest BCUT2D eigenvalue weighted by Crippen LogP contribution is -2.65. The normalized spacial score (nSPS) is 22.4. The van der Waals surface area contributed by atoms with Crippen LogP contribution >= 0.6 is 0 Å². The van der Waals surface area contributed by atoms with E-state index < -0.39 is 48.0 Å². The fraction of sp³-hybridized carbons (Fsp3) is 0.286. The molecule has 0 saturated carbocycles. The van der Waals surface area contributed by atoms with Gasteiger partial charge in [0.1, 0.15) is 5.92 Å². The molecule has 5 rings (SSSR count). The fourth-order valence-electron chi connectivity index (χ4n) is 5.55. The van der Waals surface area contributed by atoms with Gasteiger partial charge in [0.05, 0.1) is 30.3 Å². The third-order valence-corrected chi connectivity index (χ3v) is 7.33. The zero-order chi connectivity index (χ0) is 28.6. The average molecular weight is 552 g/mol. The first kappa shape index (κ1) is 27.0. The first-order valence-corrected chi connectivity index (χ1v) is 12.5. The molecule has 206 valence electrons. The number of rotatable bonds is 5. The highest BCUT2D eigenvalue weighted by Crippen LogP contribution is 2.45. The van der Waals surface area contributed by atoms with Crippen molar-refractivity contribution in [2.75, 3.05) is 12.0 Å². The number of ether oxygens (including phenoxy) is 1.